The maximum atomic E-state index is 12.1. The van der Waals surface area contributed by atoms with E-state index in [9.17, 15) is 13.2 Å². The third kappa shape index (κ3) is 5.39. The summed E-state index contributed by atoms with van der Waals surface area (Å²) in [4.78, 5) is 12.1. The summed E-state index contributed by atoms with van der Waals surface area (Å²) in [6, 6.07) is 10.6. The molecule has 0 atom stereocenters. The highest BCUT2D eigenvalue weighted by Crippen LogP contribution is 2.11. The number of carbonyl (C=O) groups is 1. The second-order valence-corrected chi connectivity index (χ2v) is 7.22. The first-order valence-electron chi connectivity index (χ1n) is 7.25. The fraction of sp³-hybridized carbons (Fsp3) is 0.312. The van der Waals surface area contributed by atoms with Gasteiger partial charge in [-0.2, -0.15) is 4.31 Å². The Morgan fingerprint density at radius 2 is 1.96 bits per heavy atom. The number of amides is 1. The number of methoxy groups -OCH3 is 1. The zero-order chi connectivity index (χ0) is 17.6. The molecule has 7 nitrogen and oxygen atoms in total. The lowest BCUT2D eigenvalue weighted by Crippen LogP contribution is -2.39. The highest BCUT2D eigenvalue weighted by molar-refractivity contribution is 7.88. The number of furan rings is 1. The average Bonchev–Trinajstić information content (AvgIpc) is 3.05. The van der Waals surface area contributed by atoms with Crippen LogP contribution in [0.1, 0.15) is 11.3 Å². The molecule has 1 heterocycles. The lowest BCUT2D eigenvalue weighted by molar-refractivity contribution is -0.121. The van der Waals surface area contributed by atoms with Gasteiger partial charge < -0.3 is 14.5 Å². The number of hydrogen-bond acceptors (Lipinski definition) is 5. The minimum Gasteiger partial charge on any atom is -0.497 e. The predicted molar refractivity (Wildman–Crippen MR) is 88.8 cm³/mol. The van der Waals surface area contributed by atoms with E-state index in [4.69, 9.17) is 9.15 Å². The average molecular weight is 352 g/mol. The SMILES string of the molecule is COc1ccc(CNC(=O)CN(Cc2ccco2)S(C)(=O)=O)cc1. The van der Waals surface area contributed by atoms with E-state index in [0.29, 0.717) is 12.3 Å². The molecular weight excluding hydrogens is 332 g/mol. The Labute approximate surface area is 141 Å². The third-order valence-corrected chi connectivity index (χ3v) is 4.55. The summed E-state index contributed by atoms with van der Waals surface area (Å²) >= 11 is 0. The van der Waals surface area contributed by atoms with Crippen molar-refractivity contribution in [3.63, 3.8) is 0 Å². The van der Waals surface area contributed by atoms with Gasteiger partial charge in [-0.25, -0.2) is 8.42 Å². The second-order valence-electron chi connectivity index (χ2n) is 5.24. The summed E-state index contributed by atoms with van der Waals surface area (Å²) in [5, 5.41) is 2.70. The van der Waals surface area contributed by atoms with E-state index in [-0.39, 0.29) is 19.0 Å². The molecule has 0 fully saturated rings. The van der Waals surface area contributed by atoms with Crippen molar-refractivity contribution in [2.24, 2.45) is 0 Å². The third-order valence-electron chi connectivity index (χ3n) is 3.35. The summed E-state index contributed by atoms with van der Waals surface area (Å²) in [6.45, 7) is 0.0542. The van der Waals surface area contributed by atoms with Gasteiger partial charge in [-0.3, -0.25) is 4.79 Å². The molecule has 24 heavy (non-hydrogen) atoms. The topological polar surface area (TPSA) is 88.8 Å². The van der Waals surface area contributed by atoms with Crippen LogP contribution in [0.4, 0.5) is 0 Å². The number of nitrogens with zero attached hydrogens (tertiary/aromatic N) is 1. The van der Waals surface area contributed by atoms with Crippen LogP contribution in [0.25, 0.3) is 0 Å². The minimum absolute atomic E-state index is 0.0157. The van der Waals surface area contributed by atoms with Crippen molar-refractivity contribution in [1.82, 2.24) is 9.62 Å². The number of hydrogen-bond donors (Lipinski definition) is 1. The van der Waals surface area contributed by atoms with Gasteiger partial charge in [-0.05, 0) is 29.8 Å². The zero-order valence-corrected chi connectivity index (χ0v) is 14.4. The Morgan fingerprint density at radius 3 is 2.50 bits per heavy atom. The molecule has 8 heteroatoms. The zero-order valence-electron chi connectivity index (χ0n) is 13.6. The smallest absolute Gasteiger partial charge is 0.235 e. The first kappa shape index (κ1) is 18.0. The molecule has 0 aliphatic rings. The Morgan fingerprint density at radius 1 is 1.25 bits per heavy atom. The molecule has 2 rings (SSSR count). The fourth-order valence-corrected chi connectivity index (χ4v) is 2.74. The Balaban J connectivity index is 1.92. The predicted octanol–water partition coefficient (Wildman–Crippen LogP) is 1.37. The maximum absolute atomic E-state index is 12.1. The van der Waals surface area contributed by atoms with E-state index >= 15 is 0 Å². The van der Waals surface area contributed by atoms with E-state index in [1.54, 1.807) is 31.4 Å². The number of nitrogens with one attached hydrogen (secondary N) is 1. The lowest BCUT2D eigenvalue weighted by atomic mass is 10.2. The van der Waals surface area contributed by atoms with Crippen molar-refractivity contribution in [2.45, 2.75) is 13.1 Å². The van der Waals surface area contributed by atoms with Gasteiger partial charge in [0.15, 0.2) is 0 Å². The summed E-state index contributed by atoms with van der Waals surface area (Å²) in [6.07, 6.45) is 2.52. The summed E-state index contributed by atoms with van der Waals surface area (Å²) in [5.74, 6) is 0.818. The van der Waals surface area contributed by atoms with Crippen molar-refractivity contribution in [2.75, 3.05) is 19.9 Å². The van der Waals surface area contributed by atoms with Gasteiger partial charge in [0, 0.05) is 6.54 Å². The van der Waals surface area contributed by atoms with Gasteiger partial charge in [0.25, 0.3) is 0 Å². The van der Waals surface area contributed by atoms with E-state index in [1.165, 1.54) is 6.26 Å². The molecule has 1 amide bonds. The minimum atomic E-state index is -3.53. The van der Waals surface area contributed by atoms with Gasteiger partial charge in [-0.15, -0.1) is 0 Å². The molecule has 1 aromatic carbocycles. The Kier molecular flexibility index (Phi) is 5.99. The normalized spacial score (nSPS) is 11.5. The van der Waals surface area contributed by atoms with Crippen molar-refractivity contribution in [1.29, 1.82) is 0 Å². The second kappa shape index (κ2) is 7.98. The molecule has 1 aromatic heterocycles. The molecule has 2 aromatic rings. The van der Waals surface area contributed by atoms with Crippen LogP contribution in [0, 0.1) is 0 Å². The van der Waals surface area contributed by atoms with Crippen molar-refractivity contribution < 1.29 is 22.4 Å². The van der Waals surface area contributed by atoms with Gasteiger partial charge >= 0.3 is 0 Å². The molecule has 0 saturated carbocycles. The molecule has 130 valence electrons. The van der Waals surface area contributed by atoms with Crippen LogP contribution in [0.15, 0.2) is 47.1 Å². The number of ether oxygens (including phenoxy) is 1. The molecule has 0 radical (unpaired) electrons. The van der Waals surface area contributed by atoms with Crippen molar-refractivity contribution in [3.05, 3.63) is 54.0 Å². The Bertz CT molecular complexity index is 754. The highest BCUT2D eigenvalue weighted by atomic mass is 32.2. The van der Waals surface area contributed by atoms with Crippen LogP contribution in [-0.2, 0) is 27.9 Å². The van der Waals surface area contributed by atoms with Crippen LogP contribution in [0.2, 0.25) is 0 Å². The van der Waals surface area contributed by atoms with Crippen molar-refractivity contribution in [3.8, 4) is 5.75 Å². The van der Waals surface area contributed by atoms with E-state index < -0.39 is 10.0 Å². The molecule has 0 aliphatic carbocycles. The summed E-state index contributed by atoms with van der Waals surface area (Å²) < 4.78 is 34.9. The molecule has 0 bridgehead atoms. The Hall–Kier alpha value is -2.32. The van der Waals surface area contributed by atoms with E-state index in [2.05, 4.69) is 5.32 Å². The summed E-state index contributed by atoms with van der Waals surface area (Å²) in [7, 11) is -1.95. The molecule has 0 saturated heterocycles. The molecule has 0 aliphatic heterocycles. The van der Waals surface area contributed by atoms with Crippen molar-refractivity contribution >= 4 is 15.9 Å². The standard InChI is InChI=1S/C16H20N2O5S/c1-22-14-7-5-13(6-8-14)10-17-16(19)12-18(24(2,20)21)11-15-4-3-9-23-15/h3-9H,10-12H2,1-2H3,(H,17,19). The first-order valence-corrected chi connectivity index (χ1v) is 9.10. The number of benzene rings is 1. The fourth-order valence-electron chi connectivity index (χ4n) is 2.03. The number of rotatable bonds is 8. The van der Waals surface area contributed by atoms with Gasteiger partial charge in [-0.1, -0.05) is 12.1 Å². The first-order chi connectivity index (χ1) is 11.4. The van der Waals surface area contributed by atoms with E-state index in [1.807, 2.05) is 12.1 Å². The largest absolute Gasteiger partial charge is 0.497 e. The number of sulfonamides is 1. The van der Waals surface area contributed by atoms with E-state index in [0.717, 1.165) is 21.9 Å². The maximum Gasteiger partial charge on any atom is 0.235 e. The van der Waals surface area contributed by atoms with Crippen LogP contribution >= 0.6 is 0 Å². The molecule has 0 unspecified atom stereocenters. The monoisotopic (exact) mass is 352 g/mol. The molecular formula is C16H20N2O5S. The number of carbonyl (C=O) groups excluding carboxylic acids is 1. The molecule has 1 N–H and O–H groups in total. The van der Waals surface area contributed by atoms with Crippen LogP contribution in [0.5, 0.6) is 5.75 Å². The summed E-state index contributed by atoms with van der Waals surface area (Å²) in [5.41, 5.74) is 0.890. The molecule has 0 spiro atoms. The van der Waals surface area contributed by atoms with Gasteiger partial charge in [0.2, 0.25) is 15.9 Å². The van der Waals surface area contributed by atoms with Gasteiger partial charge in [0.1, 0.15) is 11.5 Å². The van der Waals surface area contributed by atoms with Crippen LogP contribution in [0.3, 0.4) is 0 Å². The van der Waals surface area contributed by atoms with Crippen LogP contribution < -0.4 is 10.1 Å². The highest BCUT2D eigenvalue weighted by Gasteiger charge is 2.21. The van der Waals surface area contributed by atoms with Crippen LogP contribution in [-0.4, -0.2) is 38.5 Å². The van der Waals surface area contributed by atoms with Gasteiger partial charge in [0.05, 0.1) is 32.7 Å². The lowest BCUT2D eigenvalue weighted by Gasteiger charge is -2.18. The quantitative estimate of drug-likeness (QED) is 0.775.